The summed E-state index contributed by atoms with van der Waals surface area (Å²) < 4.78 is 5.64. The van der Waals surface area contributed by atoms with E-state index in [1.54, 1.807) is 0 Å². The topological polar surface area (TPSA) is 26.3 Å². The molecule has 2 nitrogen and oxygen atoms in total. The first kappa shape index (κ1) is 19.5. The second-order valence-corrected chi connectivity index (χ2v) is 5.91. The van der Waals surface area contributed by atoms with Crippen LogP contribution >= 0.6 is 0 Å². The van der Waals surface area contributed by atoms with Crippen molar-refractivity contribution >= 4 is 5.97 Å². The fourth-order valence-corrected chi connectivity index (χ4v) is 2.42. The van der Waals surface area contributed by atoms with Crippen molar-refractivity contribution in [2.45, 2.75) is 110 Å². The van der Waals surface area contributed by atoms with E-state index in [4.69, 9.17) is 4.74 Å². The van der Waals surface area contributed by atoms with Crippen molar-refractivity contribution in [2.24, 2.45) is 0 Å². The predicted molar refractivity (Wildman–Crippen MR) is 86.9 cm³/mol. The Morgan fingerprint density at radius 2 is 1.25 bits per heavy atom. The number of carbonyl (C=O) groups excluding carboxylic acids is 1. The summed E-state index contributed by atoms with van der Waals surface area (Å²) in [6.07, 6.45) is 14.9. The molecule has 0 heterocycles. The highest BCUT2D eigenvalue weighted by atomic mass is 16.5. The maximum absolute atomic E-state index is 11.8. The molecule has 0 aromatic heterocycles. The summed E-state index contributed by atoms with van der Waals surface area (Å²) in [6, 6.07) is 0. The molecule has 0 aliphatic heterocycles. The quantitative estimate of drug-likeness (QED) is 0.287. The number of rotatable bonds is 14. The third-order valence-corrected chi connectivity index (χ3v) is 3.79. The number of unbranched alkanes of at least 4 members (excludes halogenated alkanes) is 7. The molecule has 0 aliphatic carbocycles. The van der Waals surface area contributed by atoms with Crippen molar-refractivity contribution in [1.29, 1.82) is 0 Å². The molecular weight excluding hydrogens is 248 g/mol. The molecule has 0 radical (unpaired) electrons. The molecule has 0 aliphatic rings. The molecule has 0 atom stereocenters. The monoisotopic (exact) mass is 284 g/mol. The van der Waals surface area contributed by atoms with Gasteiger partial charge in [-0.15, -0.1) is 0 Å². The second kappa shape index (κ2) is 14.9. The van der Waals surface area contributed by atoms with Crippen molar-refractivity contribution in [1.82, 2.24) is 0 Å². The van der Waals surface area contributed by atoms with E-state index >= 15 is 0 Å². The molecule has 0 amide bonds. The Morgan fingerprint density at radius 3 is 1.80 bits per heavy atom. The maximum atomic E-state index is 11.8. The number of carbonyl (C=O) groups is 1. The van der Waals surface area contributed by atoms with Crippen molar-refractivity contribution in [3.05, 3.63) is 0 Å². The van der Waals surface area contributed by atoms with Crippen LogP contribution in [0.25, 0.3) is 0 Å². The van der Waals surface area contributed by atoms with Gasteiger partial charge >= 0.3 is 5.97 Å². The van der Waals surface area contributed by atoms with Crippen LogP contribution in [0, 0.1) is 0 Å². The van der Waals surface area contributed by atoms with Gasteiger partial charge in [0, 0.05) is 6.42 Å². The van der Waals surface area contributed by atoms with Crippen LogP contribution in [0.1, 0.15) is 104 Å². The van der Waals surface area contributed by atoms with Gasteiger partial charge in [-0.3, -0.25) is 4.79 Å². The molecule has 0 N–H and O–H groups in total. The molecule has 0 aromatic rings. The molecular formula is C18H36O2. The van der Waals surface area contributed by atoms with Crippen LogP contribution in [0.15, 0.2) is 0 Å². The van der Waals surface area contributed by atoms with Crippen molar-refractivity contribution in [2.75, 3.05) is 0 Å². The number of esters is 1. The average molecular weight is 284 g/mol. The second-order valence-electron chi connectivity index (χ2n) is 5.91. The average Bonchev–Trinajstić information content (AvgIpc) is 2.45. The third kappa shape index (κ3) is 12.5. The van der Waals surface area contributed by atoms with E-state index in [0.29, 0.717) is 6.42 Å². The van der Waals surface area contributed by atoms with Gasteiger partial charge in [-0.2, -0.15) is 0 Å². The van der Waals surface area contributed by atoms with E-state index in [1.807, 2.05) is 0 Å². The van der Waals surface area contributed by atoms with Gasteiger partial charge in [0.2, 0.25) is 0 Å². The SMILES string of the molecule is CCCCCCCCC(=O)OC(CCCC)CCCC. The fourth-order valence-electron chi connectivity index (χ4n) is 2.42. The lowest BCUT2D eigenvalue weighted by molar-refractivity contribution is -0.150. The standard InChI is InChI=1S/C18H36O2/c1-4-7-10-11-12-13-16-18(19)20-17(14-8-5-2)15-9-6-3/h17H,4-16H2,1-3H3. The zero-order valence-corrected chi connectivity index (χ0v) is 14.1. The Labute approximate surface area is 126 Å². The summed E-state index contributed by atoms with van der Waals surface area (Å²) in [6.45, 7) is 6.61. The molecule has 0 fully saturated rings. The number of ether oxygens (including phenoxy) is 1. The molecule has 20 heavy (non-hydrogen) atoms. The summed E-state index contributed by atoms with van der Waals surface area (Å²) in [5.41, 5.74) is 0. The molecule has 0 aromatic carbocycles. The fraction of sp³-hybridized carbons (Fsp3) is 0.944. The van der Waals surface area contributed by atoms with Gasteiger partial charge in [0.15, 0.2) is 0 Å². The first-order valence-corrected chi connectivity index (χ1v) is 8.94. The number of hydrogen-bond donors (Lipinski definition) is 0. The summed E-state index contributed by atoms with van der Waals surface area (Å²) in [5, 5.41) is 0. The Balaban J connectivity index is 3.70. The van der Waals surface area contributed by atoms with Gasteiger partial charge in [-0.25, -0.2) is 0 Å². The maximum Gasteiger partial charge on any atom is 0.306 e. The van der Waals surface area contributed by atoms with Crippen LogP contribution < -0.4 is 0 Å². The molecule has 0 saturated carbocycles. The lowest BCUT2D eigenvalue weighted by Gasteiger charge is -2.17. The largest absolute Gasteiger partial charge is 0.462 e. The Morgan fingerprint density at radius 1 is 0.750 bits per heavy atom. The first-order chi connectivity index (χ1) is 9.74. The summed E-state index contributed by atoms with van der Waals surface area (Å²) in [7, 11) is 0. The van der Waals surface area contributed by atoms with E-state index in [2.05, 4.69) is 20.8 Å². The van der Waals surface area contributed by atoms with E-state index in [-0.39, 0.29) is 12.1 Å². The van der Waals surface area contributed by atoms with E-state index in [1.165, 1.54) is 57.8 Å². The van der Waals surface area contributed by atoms with Crippen LogP contribution in [0.4, 0.5) is 0 Å². The van der Waals surface area contributed by atoms with Crippen molar-refractivity contribution in [3.63, 3.8) is 0 Å². The Hall–Kier alpha value is -0.530. The zero-order chi connectivity index (χ0) is 15.1. The summed E-state index contributed by atoms with van der Waals surface area (Å²) >= 11 is 0. The van der Waals surface area contributed by atoms with Crippen LogP contribution in [-0.4, -0.2) is 12.1 Å². The smallest absolute Gasteiger partial charge is 0.306 e. The number of hydrogen-bond acceptors (Lipinski definition) is 2. The highest BCUT2D eigenvalue weighted by molar-refractivity contribution is 5.69. The van der Waals surface area contributed by atoms with Gasteiger partial charge in [0.1, 0.15) is 6.10 Å². The van der Waals surface area contributed by atoms with Crippen LogP contribution in [0.3, 0.4) is 0 Å². The highest BCUT2D eigenvalue weighted by Gasteiger charge is 2.13. The molecule has 120 valence electrons. The third-order valence-electron chi connectivity index (χ3n) is 3.79. The minimum absolute atomic E-state index is 0.0256. The molecule has 0 bridgehead atoms. The van der Waals surface area contributed by atoms with E-state index in [9.17, 15) is 4.79 Å². The Kier molecular flexibility index (Phi) is 14.5. The molecule has 0 unspecified atom stereocenters. The van der Waals surface area contributed by atoms with E-state index in [0.717, 1.165) is 19.3 Å². The van der Waals surface area contributed by atoms with Crippen LogP contribution in [-0.2, 0) is 9.53 Å². The molecule has 0 rings (SSSR count). The molecule has 0 saturated heterocycles. The lowest BCUT2D eigenvalue weighted by Crippen LogP contribution is -2.18. The predicted octanol–water partition coefficient (Wildman–Crippen LogP) is 6.03. The van der Waals surface area contributed by atoms with Crippen LogP contribution in [0.2, 0.25) is 0 Å². The van der Waals surface area contributed by atoms with Gasteiger partial charge in [-0.05, 0) is 19.3 Å². The zero-order valence-electron chi connectivity index (χ0n) is 14.1. The van der Waals surface area contributed by atoms with E-state index < -0.39 is 0 Å². The van der Waals surface area contributed by atoms with Gasteiger partial charge < -0.3 is 4.74 Å². The first-order valence-electron chi connectivity index (χ1n) is 8.94. The lowest BCUT2D eigenvalue weighted by atomic mass is 10.1. The molecule has 0 spiro atoms. The van der Waals surface area contributed by atoms with Gasteiger partial charge in [0.05, 0.1) is 0 Å². The van der Waals surface area contributed by atoms with Gasteiger partial charge in [0.25, 0.3) is 0 Å². The summed E-state index contributed by atoms with van der Waals surface area (Å²) in [5.74, 6) is 0.0256. The molecule has 2 heteroatoms. The summed E-state index contributed by atoms with van der Waals surface area (Å²) in [4.78, 5) is 11.8. The normalized spacial score (nSPS) is 11.0. The van der Waals surface area contributed by atoms with Gasteiger partial charge in [-0.1, -0.05) is 78.6 Å². The minimum atomic E-state index is 0.0256. The minimum Gasteiger partial charge on any atom is -0.462 e. The Bertz CT molecular complexity index is 205. The van der Waals surface area contributed by atoms with Crippen molar-refractivity contribution in [3.8, 4) is 0 Å². The van der Waals surface area contributed by atoms with Crippen LogP contribution in [0.5, 0.6) is 0 Å². The van der Waals surface area contributed by atoms with Crippen molar-refractivity contribution < 1.29 is 9.53 Å². The highest BCUT2D eigenvalue weighted by Crippen LogP contribution is 2.14.